The number of para-hydroxylation sites is 1. The molecule has 0 aliphatic carbocycles. The fraction of sp³-hybridized carbons (Fsp3) is 0.500. The van der Waals surface area contributed by atoms with Crippen LogP contribution in [0.4, 0.5) is 5.69 Å². The first-order valence-electron chi connectivity index (χ1n) is 6.12. The van der Waals surface area contributed by atoms with Crippen molar-refractivity contribution in [2.75, 3.05) is 12.8 Å². The van der Waals surface area contributed by atoms with Crippen LogP contribution in [-0.4, -0.2) is 17.9 Å². The summed E-state index contributed by atoms with van der Waals surface area (Å²) in [5.41, 5.74) is 7.61. The third kappa shape index (κ3) is 4.10. The summed E-state index contributed by atoms with van der Waals surface area (Å²) in [4.78, 5) is 13.7. The van der Waals surface area contributed by atoms with Crippen LogP contribution in [0.3, 0.4) is 0 Å². The van der Waals surface area contributed by atoms with Crippen LogP contribution < -0.4 is 5.73 Å². The van der Waals surface area contributed by atoms with Gasteiger partial charge in [-0.2, -0.15) is 0 Å². The third-order valence-corrected chi connectivity index (χ3v) is 3.11. The molecule has 0 spiro atoms. The maximum Gasteiger partial charge on any atom is 0.222 e. The van der Waals surface area contributed by atoms with Crippen molar-refractivity contribution < 1.29 is 4.79 Å². The van der Waals surface area contributed by atoms with Gasteiger partial charge in [0.05, 0.1) is 0 Å². The Bertz CT molecular complexity index is 376. The molecule has 0 saturated carbocycles. The predicted octanol–water partition coefficient (Wildman–Crippen LogP) is 2.66. The van der Waals surface area contributed by atoms with Crippen LogP contribution in [0, 0.1) is 5.92 Å². The number of nitrogens with two attached hydrogens (primary N) is 1. The molecule has 0 fully saturated rings. The number of nitrogens with zero attached hydrogens (tertiary/aromatic N) is 1. The lowest BCUT2D eigenvalue weighted by atomic mass is 10.0. The van der Waals surface area contributed by atoms with Crippen LogP contribution in [0.1, 0.15) is 32.3 Å². The standard InChI is InChI=1S/C14H22N2O/c1-4-11(2)9-14(17)16(3)10-12-7-5-6-8-13(12)15/h5-8,11H,4,9-10,15H2,1-3H3. The van der Waals surface area contributed by atoms with Crippen molar-refractivity contribution in [3.05, 3.63) is 29.8 Å². The van der Waals surface area contributed by atoms with Crippen LogP contribution in [0.15, 0.2) is 24.3 Å². The van der Waals surface area contributed by atoms with Gasteiger partial charge in [-0.25, -0.2) is 0 Å². The summed E-state index contributed by atoms with van der Waals surface area (Å²) < 4.78 is 0. The van der Waals surface area contributed by atoms with E-state index < -0.39 is 0 Å². The molecular weight excluding hydrogens is 212 g/mol. The van der Waals surface area contributed by atoms with E-state index in [9.17, 15) is 4.79 Å². The summed E-state index contributed by atoms with van der Waals surface area (Å²) in [6.07, 6.45) is 1.65. The molecule has 0 aliphatic rings. The highest BCUT2D eigenvalue weighted by molar-refractivity contribution is 5.76. The van der Waals surface area contributed by atoms with Crippen LogP contribution in [-0.2, 0) is 11.3 Å². The minimum absolute atomic E-state index is 0.183. The fourth-order valence-electron chi connectivity index (χ4n) is 1.62. The number of hydrogen-bond acceptors (Lipinski definition) is 2. The van der Waals surface area contributed by atoms with Crippen molar-refractivity contribution in [3.63, 3.8) is 0 Å². The Morgan fingerprint density at radius 1 is 1.41 bits per heavy atom. The number of amides is 1. The molecule has 1 aromatic rings. The Kier molecular flexibility index (Phi) is 5.01. The van der Waals surface area contributed by atoms with Gasteiger partial charge < -0.3 is 10.6 Å². The van der Waals surface area contributed by atoms with Gasteiger partial charge in [-0.3, -0.25) is 4.79 Å². The van der Waals surface area contributed by atoms with E-state index in [0.717, 1.165) is 17.7 Å². The van der Waals surface area contributed by atoms with Crippen LogP contribution in [0.2, 0.25) is 0 Å². The fourth-order valence-corrected chi connectivity index (χ4v) is 1.62. The van der Waals surface area contributed by atoms with Crippen molar-refractivity contribution in [3.8, 4) is 0 Å². The highest BCUT2D eigenvalue weighted by Crippen LogP contribution is 2.14. The van der Waals surface area contributed by atoms with Crippen LogP contribution >= 0.6 is 0 Å². The summed E-state index contributed by atoms with van der Waals surface area (Å²) in [5.74, 6) is 0.626. The second-order valence-corrected chi connectivity index (χ2v) is 4.67. The van der Waals surface area contributed by atoms with Crippen molar-refractivity contribution in [1.29, 1.82) is 0 Å². The first-order chi connectivity index (χ1) is 8.04. The minimum atomic E-state index is 0.183. The van der Waals surface area contributed by atoms with E-state index in [4.69, 9.17) is 5.73 Å². The number of hydrogen-bond donors (Lipinski definition) is 1. The topological polar surface area (TPSA) is 46.3 Å². The molecule has 17 heavy (non-hydrogen) atoms. The van der Waals surface area contributed by atoms with E-state index >= 15 is 0 Å². The third-order valence-electron chi connectivity index (χ3n) is 3.11. The van der Waals surface area contributed by atoms with Gasteiger partial charge in [0.15, 0.2) is 0 Å². The molecule has 1 atom stereocenters. The molecule has 94 valence electrons. The van der Waals surface area contributed by atoms with E-state index in [1.807, 2.05) is 31.3 Å². The lowest BCUT2D eigenvalue weighted by molar-refractivity contribution is -0.131. The first-order valence-corrected chi connectivity index (χ1v) is 6.12. The Balaban J connectivity index is 2.57. The number of anilines is 1. The quantitative estimate of drug-likeness (QED) is 0.796. The second-order valence-electron chi connectivity index (χ2n) is 4.67. The summed E-state index contributed by atoms with van der Waals surface area (Å²) in [7, 11) is 1.83. The van der Waals surface area contributed by atoms with Gasteiger partial charge in [0, 0.05) is 25.7 Å². The summed E-state index contributed by atoms with van der Waals surface area (Å²) in [6.45, 7) is 4.79. The van der Waals surface area contributed by atoms with Crippen LogP contribution in [0.5, 0.6) is 0 Å². The van der Waals surface area contributed by atoms with Gasteiger partial charge in [-0.1, -0.05) is 38.5 Å². The van der Waals surface area contributed by atoms with Gasteiger partial charge in [0.1, 0.15) is 0 Å². The molecule has 3 nitrogen and oxygen atoms in total. The summed E-state index contributed by atoms with van der Waals surface area (Å²) in [6, 6.07) is 7.67. The zero-order chi connectivity index (χ0) is 12.8. The first kappa shape index (κ1) is 13.6. The van der Waals surface area contributed by atoms with Gasteiger partial charge in [0.25, 0.3) is 0 Å². The molecule has 0 heterocycles. The largest absolute Gasteiger partial charge is 0.398 e. The second kappa shape index (κ2) is 6.28. The normalized spacial score (nSPS) is 12.2. The lowest BCUT2D eigenvalue weighted by Gasteiger charge is -2.20. The maximum atomic E-state index is 11.9. The van der Waals surface area contributed by atoms with Crippen molar-refractivity contribution in [2.24, 2.45) is 5.92 Å². The number of carbonyl (C=O) groups excluding carboxylic acids is 1. The average Bonchev–Trinajstić information content (AvgIpc) is 2.31. The summed E-state index contributed by atoms with van der Waals surface area (Å²) in [5, 5.41) is 0. The smallest absolute Gasteiger partial charge is 0.222 e. The Morgan fingerprint density at radius 2 is 2.06 bits per heavy atom. The maximum absolute atomic E-state index is 11.9. The number of benzene rings is 1. The molecule has 1 aromatic carbocycles. The molecule has 0 saturated heterocycles. The zero-order valence-electron chi connectivity index (χ0n) is 10.9. The number of rotatable bonds is 5. The van der Waals surface area contributed by atoms with Gasteiger partial charge >= 0.3 is 0 Å². The molecule has 2 N–H and O–H groups in total. The Morgan fingerprint density at radius 3 is 2.65 bits per heavy atom. The van der Waals surface area contributed by atoms with Gasteiger partial charge in [-0.05, 0) is 17.5 Å². The lowest BCUT2D eigenvalue weighted by Crippen LogP contribution is -2.27. The monoisotopic (exact) mass is 234 g/mol. The highest BCUT2D eigenvalue weighted by Gasteiger charge is 2.13. The number of nitrogen functional groups attached to an aromatic ring is 1. The molecular formula is C14H22N2O. The van der Waals surface area contributed by atoms with E-state index in [1.165, 1.54) is 0 Å². The summed E-state index contributed by atoms with van der Waals surface area (Å²) >= 11 is 0. The van der Waals surface area contributed by atoms with E-state index in [2.05, 4.69) is 13.8 Å². The van der Waals surface area contributed by atoms with Crippen molar-refractivity contribution >= 4 is 11.6 Å². The SMILES string of the molecule is CCC(C)CC(=O)N(C)Cc1ccccc1N. The van der Waals surface area contributed by atoms with Crippen LogP contribution in [0.25, 0.3) is 0 Å². The van der Waals surface area contributed by atoms with Gasteiger partial charge in [0.2, 0.25) is 5.91 Å². The van der Waals surface area contributed by atoms with Crippen molar-refractivity contribution in [1.82, 2.24) is 4.90 Å². The molecule has 1 rings (SSSR count). The predicted molar refractivity (Wildman–Crippen MR) is 71.4 cm³/mol. The minimum Gasteiger partial charge on any atom is -0.398 e. The molecule has 3 heteroatoms. The van der Waals surface area contributed by atoms with Gasteiger partial charge in [-0.15, -0.1) is 0 Å². The molecule has 1 unspecified atom stereocenters. The molecule has 0 bridgehead atoms. The average molecular weight is 234 g/mol. The number of carbonyl (C=O) groups is 1. The Labute approximate surface area is 104 Å². The molecule has 1 amide bonds. The Hall–Kier alpha value is -1.51. The van der Waals surface area contributed by atoms with E-state index in [1.54, 1.807) is 4.90 Å². The van der Waals surface area contributed by atoms with E-state index in [0.29, 0.717) is 18.9 Å². The highest BCUT2D eigenvalue weighted by atomic mass is 16.2. The zero-order valence-corrected chi connectivity index (χ0v) is 10.9. The molecule has 0 aliphatic heterocycles. The van der Waals surface area contributed by atoms with E-state index in [-0.39, 0.29) is 5.91 Å². The molecule has 0 radical (unpaired) electrons. The molecule has 0 aromatic heterocycles. The van der Waals surface area contributed by atoms with Crippen molar-refractivity contribution in [2.45, 2.75) is 33.2 Å².